The van der Waals surface area contributed by atoms with Gasteiger partial charge in [-0.15, -0.1) is 0 Å². The van der Waals surface area contributed by atoms with E-state index in [1.165, 1.54) is 6.20 Å². The van der Waals surface area contributed by atoms with Crippen molar-refractivity contribution in [3.63, 3.8) is 0 Å². The zero-order chi connectivity index (χ0) is 18.2. The van der Waals surface area contributed by atoms with E-state index in [4.69, 9.17) is 9.47 Å². The molecular weight excluding hydrogens is 322 g/mol. The Morgan fingerprint density at radius 3 is 2.56 bits per heavy atom. The van der Waals surface area contributed by atoms with Crippen molar-refractivity contribution in [3.8, 4) is 0 Å². The van der Waals surface area contributed by atoms with Crippen molar-refractivity contribution in [2.75, 3.05) is 18.5 Å². The highest BCUT2D eigenvalue weighted by molar-refractivity contribution is 5.88. The maximum absolute atomic E-state index is 11.6. The van der Waals surface area contributed by atoms with Crippen molar-refractivity contribution in [2.24, 2.45) is 5.92 Å². The van der Waals surface area contributed by atoms with Crippen LogP contribution < -0.4 is 5.32 Å². The van der Waals surface area contributed by atoms with Gasteiger partial charge >= 0.3 is 12.1 Å². The molecule has 0 bridgehead atoms. The number of carbonyl (C=O) groups is 2. The van der Waals surface area contributed by atoms with Gasteiger partial charge in [-0.2, -0.15) is 5.10 Å². The van der Waals surface area contributed by atoms with E-state index in [0.717, 1.165) is 5.56 Å². The zero-order valence-corrected chi connectivity index (χ0v) is 14.7. The number of anilines is 1. The van der Waals surface area contributed by atoms with Crippen LogP contribution in [0.1, 0.15) is 36.7 Å². The fraction of sp³-hybridized carbons (Fsp3) is 0.389. The number of nitrogens with zero attached hydrogens (tertiary/aromatic N) is 2. The van der Waals surface area contributed by atoms with Gasteiger partial charge in [-0.25, -0.2) is 9.59 Å². The molecule has 25 heavy (non-hydrogen) atoms. The van der Waals surface area contributed by atoms with E-state index in [2.05, 4.69) is 10.4 Å². The first-order valence-corrected chi connectivity index (χ1v) is 8.20. The van der Waals surface area contributed by atoms with Gasteiger partial charge in [0.15, 0.2) is 0 Å². The van der Waals surface area contributed by atoms with Crippen LogP contribution >= 0.6 is 0 Å². The minimum atomic E-state index is -0.465. The predicted octanol–water partition coefficient (Wildman–Crippen LogP) is 3.31. The van der Waals surface area contributed by atoms with E-state index < -0.39 is 6.09 Å². The van der Waals surface area contributed by atoms with Crippen molar-refractivity contribution in [3.05, 3.63) is 47.8 Å². The standard InChI is InChI=1S/C18H23N3O4/c1-4-24-17(22)15-9-19-21(11-15)10-14-5-7-16(8-6-14)20-18(23)25-12-13(2)3/h5-9,11,13H,4,10,12H2,1-3H3,(H,20,23). The quantitative estimate of drug-likeness (QED) is 0.779. The summed E-state index contributed by atoms with van der Waals surface area (Å²) in [6, 6.07) is 7.34. The number of rotatable bonds is 7. The summed E-state index contributed by atoms with van der Waals surface area (Å²) in [5.74, 6) is -0.0881. The number of hydrogen-bond acceptors (Lipinski definition) is 5. The van der Waals surface area contributed by atoms with Crippen molar-refractivity contribution in [1.29, 1.82) is 0 Å². The van der Waals surface area contributed by atoms with Gasteiger partial charge in [0.25, 0.3) is 0 Å². The van der Waals surface area contributed by atoms with Gasteiger partial charge in [0, 0.05) is 11.9 Å². The number of aromatic nitrogens is 2. The SMILES string of the molecule is CCOC(=O)c1cnn(Cc2ccc(NC(=O)OCC(C)C)cc2)c1. The molecule has 1 aromatic heterocycles. The summed E-state index contributed by atoms with van der Waals surface area (Å²) in [5, 5.41) is 6.83. The molecule has 134 valence electrons. The van der Waals surface area contributed by atoms with Crippen LogP contribution in [-0.4, -0.2) is 35.1 Å². The van der Waals surface area contributed by atoms with Crippen molar-refractivity contribution in [1.82, 2.24) is 9.78 Å². The minimum absolute atomic E-state index is 0.293. The second kappa shape index (κ2) is 8.86. The van der Waals surface area contributed by atoms with Gasteiger partial charge in [0.05, 0.1) is 31.5 Å². The van der Waals surface area contributed by atoms with E-state index in [9.17, 15) is 9.59 Å². The Balaban J connectivity index is 1.90. The number of ether oxygens (including phenoxy) is 2. The average molecular weight is 345 g/mol. The highest BCUT2D eigenvalue weighted by atomic mass is 16.5. The summed E-state index contributed by atoms with van der Waals surface area (Å²) in [4.78, 5) is 23.2. The van der Waals surface area contributed by atoms with Gasteiger partial charge in [0.1, 0.15) is 0 Å². The monoisotopic (exact) mass is 345 g/mol. The van der Waals surface area contributed by atoms with E-state index in [-0.39, 0.29) is 5.97 Å². The van der Waals surface area contributed by atoms with E-state index >= 15 is 0 Å². The summed E-state index contributed by atoms with van der Waals surface area (Å²) in [7, 11) is 0. The first kappa shape index (κ1) is 18.5. The normalized spacial score (nSPS) is 10.6. The molecule has 2 rings (SSSR count). The Morgan fingerprint density at radius 2 is 1.92 bits per heavy atom. The number of nitrogens with one attached hydrogen (secondary N) is 1. The van der Waals surface area contributed by atoms with Crippen molar-refractivity contribution in [2.45, 2.75) is 27.3 Å². The molecule has 1 heterocycles. The molecule has 7 heteroatoms. The fourth-order valence-electron chi connectivity index (χ4n) is 2.05. The van der Waals surface area contributed by atoms with Gasteiger partial charge < -0.3 is 9.47 Å². The van der Waals surface area contributed by atoms with Gasteiger partial charge in [-0.1, -0.05) is 26.0 Å². The highest BCUT2D eigenvalue weighted by Gasteiger charge is 2.09. The third-order valence-corrected chi connectivity index (χ3v) is 3.24. The molecule has 1 N–H and O–H groups in total. The first-order chi connectivity index (χ1) is 12.0. The lowest BCUT2D eigenvalue weighted by Crippen LogP contribution is -2.16. The molecule has 0 saturated heterocycles. The van der Waals surface area contributed by atoms with Crippen LogP contribution in [0, 0.1) is 5.92 Å². The largest absolute Gasteiger partial charge is 0.462 e. The van der Waals surface area contributed by atoms with E-state index in [1.54, 1.807) is 29.9 Å². The molecule has 0 aliphatic carbocycles. The first-order valence-electron chi connectivity index (χ1n) is 8.20. The molecule has 2 aromatic rings. The Kier molecular flexibility index (Phi) is 6.56. The van der Waals surface area contributed by atoms with E-state index in [0.29, 0.717) is 36.9 Å². The Bertz CT molecular complexity index is 707. The van der Waals surface area contributed by atoms with Crippen LogP contribution in [0.15, 0.2) is 36.7 Å². The number of carbonyl (C=O) groups excluding carboxylic acids is 2. The molecular formula is C18H23N3O4. The van der Waals surface area contributed by atoms with Crippen LogP contribution in [0.4, 0.5) is 10.5 Å². The zero-order valence-electron chi connectivity index (χ0n) is 14.7. The minimum Gasteiger partial charge on any atom is -0.462 e. The predicted molar refractivity (Wildman–Crippen MR) is 93.5 cm³/mol. The molecule has 0 spiro atoms. The van der Waals surface area contributed by atoms with Crippen molar-refractivity contribution >= 4 is 17.7 Å². The van der Waals surface area contributed by atoms with Crippen LogP contribution in [0.2, 0.25) is 0 Å². The third kappa shape index (κ3) is 5.95. The number of benzene rings is 1. The highest BCUT2D eigenvalue weighted by Crippen LogP contribution is 2.12. The topological polar surface area (TPSA) is 82.5 Å². The maximum atomic E-state index is 11.6. The van der Waals surface area contributed by atoms with Gasteiger partial charge in [-0.3, -0.25) is 10.00 Å². The summed E-state index contributed by atoms with van der Waals surface area (Å²) in [5.41, 5.74) is 2.07. The molecule has 0 aliphatic heterocycles. The van der Waals surface area contributed by atoms with Crippen LogP contribution in [0.5, 0.6) is 0 Å². The molecule has 1 aromatic carbocycles. The van der Waals surface area contributed by atoms with Crippen molar-refractivity contribution < 1.29 is 19.1 Å². The number of esters is 1. The smallest absolute Gasteiger partial charge is 0.411 e. The lowest BCUT2D eigenvalue weighted by atomic mass is 10.2. The molecule has 0 atom stereocenters. The third-order valence-electron chi connectivity index (χ3n) is 3.24. The molecule has 0 fully saturated rings. The second-order valence-corrected chi connectivity index (χ2v) is 5.96. The summed E-state index contributed by atoms with van der Waals surface area (Å²) in [6.45, 7) is 6.94. The summed E-state index contributed by atoms with van der Waals surface area (Å²) in [6.07, 6.45) is 2.67. The molecule has 0 radical (unpaired) electrons. The van der Waals surface area contributed by atoms with Crippen LogP contribution in [-0.2, 0) is 16.0 Å². The second-order valence-electron chi connectivity index (χ2n) is 5.96. The molecule has 1 amide bonds. The lowest BCUT2D eigenvalue weighted by molar-refractivity contribution is 0.0526. The van der Waals surface area contributed by atoms with Gasteiger partial charge in [0.2, 0.25) is 0 Å². The Hall–Kier alpha value is -2.83. The number of amides is 1. The summed E-state index contributed by atoms with van der Waals surface area (Å²) >= 11 is 0. The Morgan fingerprint density at radius 1 is 1.20 bits per heavy atom. The van der Waals surface area contributed by atoms with Crippen LogP contribution in [0.3, 0.4) is 0 Å². The van der Waals surface area contributed by atoms with Crippen LogP contribution in [0.25, 0.3) is 0 Å². The maximum Gasteiger partial charge on any atom is 0.411 e. The molecule has 0 saturated carbocycles. The van der Waals surface area contributed by atoms with Gasteiger partial charge in [-0.05, 0) is 30.5 Å². The Labute approximate surface area is 146 Å². The number of hydrogen-bond donors (Lipinski definition) is 1. The van der Waals surface area contributed by atoms with E-state index in [1.807, 2.05) is 26.0 Å². The molecule has 0 aliphatic rings. The molecule has 7 nitrogen and oxygen atoms in total. The fourth-order valence-corrected chi connectivity index (χ4v) is 2.05. The lowest BCUT2D eigenvalue weighted by Gasteiger charge is -2.09. The summed E-state index contributed by atoms with van der Waals surface area (Å²) < 4.78 is 11.7. The average Bonchev–Trinajstić information content (AvgIpc) is 3.04. The molecule has 0 unspecified atom stereocenters.